The molecule has 0 unspecified atom stereocenters. The van der Waals surface area contributed by atoms with Crippen molar-refractivity contribution in [1.82, 2.24) is 4.90 Å². The largest absolute Gasteiger partial charge is 0.382 e. The second kappa shape index (κ2) is 9.04. The highest BCUT2D eigenvalue weighted by Crippen LogP contribution is 2.20. The molecule has 0 aliphatic carbocycles. The predicted molar refractivity (Wildman–Crippen MR) is 107 cm³/mol. The molecule has 6 heteroatoms. The van der Waals surface area contributed by atoms with Crippen LogP contribution in [0.15, 0.2) is 48.5 Å². The minimum Gasteiger partial charge on any atom is -0.382 e. The van der Waals surface area contributed by atoms with Crippen molar-refractivity contribution in [3.63, 3.8) is 0 Å². The van der Waals surface area contributed by atoms with Gasteiger partial charge in [-0.2, -0.15) is 8.42 Å². The summed E-state index contributed by atoms with van der Waals surface area (Å²) in [6.45, 7) is 7.99. The Labute approximate surface area is 162 Å². The third-order valence-electron chi connectivity index (χ3n) is 4.61. The van der Waals surface area contributed by atoms with Gasteiger partial charge in [0.1, 0.15) is 5.75 Å². The van der Waals surface area contributed by atoms with Crippen LogP contribution >= 0.6 is 0 Å². The van der Waals surface area contributed by atoms with E-state index in [-0.39, 0.29) is 23.5 Å². The van der Waals surface area contributed by atoms with Gasteiger partial charge in [0.15, 0.2) is 0 Å². The molecule has 1 amide bonds. The van der Waals surface area contributed by atoms with Crippen molar-refractivity contribution in [2.45, 2.75) is 46.7 Å². The average molecular weight is 390 g/mol. The van der Waals surface area contributed by atoms with Gasteiger partial charge in [-0.1, -0.05) is 37.3 Å². The van der Waals surface area contributed by atoms with Crippen LogP contribution in [0.2, 0.25) is 0 Å². The van der Waals surface area contributed by atoms with Gasteiger partial charge in [-0.25, -0.2) is 0 Å². The first kappa shape index (κ1) is 21.0. The first-order valence-corrected chi connectivity index (χ1v) is 10.7. The molecule has 146 valence electrons. The van der Waals surface area contributed by atoms with Crippen molar-refractivity contribution in [3.05, 3.63) is 65.2 Å². The Kier molecular flexibility index (Phi) is 7.02. The maximum Gasteiger partial charge on any atom is 0.308 e. The molecule has 0 aliphatic rings. The summed E-state index contributed by atoms with van der Waals surface area (Å²) in [5.74, 6) is 0.193. The van der Waals surface area contributed by atoms with Crippen molar-refractivity contribution in [2.75, 3.05) is 5.75 Å². The molecule has 0 spiro atoms. The summed E-state index contributed by atoms with van der Waals surface area (Å²) in [5, 5.41) is 0. The van der Waals surface area contributed by atoms with E-state index in [1.165, 1.54) is 6.92 Å². The fraction of sp³-hybridized carbons (Fsp3) is 0.381. The van der Waals surface area contributed by atoms with Gasteiger partial charge in [-0.3, -0.25) is 4.79 Å². The number of carbonyl (C=O) groups excluding carboxylic acids is 1. The summed E-state index contributed by atoms with van der Waals surface area (Å²) in [5.41, 5.74) is 2.56. The fourth-order valence-electron chi connectivity index (χ4n) is 2.67. The molecule has 0 bridgehead atoms. The van der Waals surface area contributed by atoms with Gasteiger partial charge < -0.3 is 9.08 Å². The van der Waals surface area contributed by atoms with Gasteiger partial charge >= 0.3 is 10.1 Å². The van der Waals surface area contributed by atoms with E-state index in [9.17, 15) is 13.2 Å². The van der Waals surface area contributed by atoms with Gasteiger partial charge in [-0.05, 0) is 56.5 Å². The third kappa shape index (κ3) is 5.57. The summed E-state index contributed by atoms with van der Waals surface area (Å²) < 4.78 is 28.1. The second-order valence-corrected chi connectivity index (χ2v) is 8.44. The van der Waals surface area contributed by atoms with E-state index in [1.54, 1.807) is 24.3 Å². The number of amides is 1. The Morgan fingerprint density at radius 2 is 1.70 bits per heavy atom. The summed E-state index contributed by atoms with van der Waals surface area (Å²) in [6.07, 6.45) is 0.841. The highest BCUT2D eigenvalue weighted by molar-refractivity contribution is 7.87. The molecule has 0 N–H and O–H groups in total. The Bertz CT molecular complexity index is 875. The Hall–Kier alpha value is -2.34. The normalized spacial score (nSPS) is 12.4. The number of hydrogen-bond acceptors (Lipinski definition) is 4. The van der Waals surface area contributed by atoms with E-state index in [2.05, 4.69) is 6.92 Å². The van der Waals surface area contributed by atoms with Gasteiger partial charge in [0, 0.05) is 18.2 Å². The number of carbonyl (C=O) groups is 1. The van der Waals surface area contributed by atoms with Crippen LogP contribution in [0.4, 0.5) is 0 Å². The van der Waals surface area contributed by atoms with Crippen LogP contribution in [0, 0.1) is 6.92 Å². The van der Waals surface area contributed by atoms with Gasteiger partial charge in [0.2, 0.25) is 0 Å². The Morgan fingerprint density at radius 3 is 2.26 bits per heavy atom. The first-order chi connectivity index (χ1) is 12.8. The monoisotopic (exact) mass is 389 g/mol. The lowest BCUT2D eigenvalue weighted by Crippen LogP contribution is -2.38. The van der Waals surface area contributed by atoms with Crippen LogP contribution < -0.4 is 4.18 Å². The quantitative estimate of drug-likeness (QED) is 0.636. The van der Waals surface area contributed by atoms with E-state index in [4.69, 9.17) is 4.18 Å². The smallest absolute Gasteiger partial charge is 0.308 e. The van der Waals surface area contributed by atoms with E-state index >= 15 is 0 Å². The van der Waals surface area contributed by atoms with Gasteiger partial charge in [0.25, 0.3) is 5.91 Å². The molecule has 0 heterocycles. The van der Waals surface area contributed by atoms with Crippen LogP contribution in [-0.2, 0) is 16.7 Å². The maximum atomic E-state index is 13.1. The number of rotatable bonds is 8. The Balaban J connectivity index is 2.22. The summed E-state index contributed by atoms with van der Waals surface area (Å²) in [7, 11) is -3.54. The summed E-state index contributed by atoms with van der Waals surface area (Å²) in [4.78, 5) is 14.9. The molecule has 0 radical (unpaired) electrons. The van der Waals surface area contributed by atoms with Crippen molar-refractivity contribution < 1.29 is 17.4 Å². The predicted octanol–water partition coefficient (Wildman–Crippen LogP) is 4.16. The Morgan fingerprint density at radius 1 is 1.07 bits per heavy atom. The SMILES string of the molecule is CC[C@@H](C)N(Cc1ccc(OS(=O)(=O)CC)cc1)C(=O)c1ccccc1C. The summed E-state index contributed by atoms with van der Waals surface area (Å²) >= 11 is 0. The molecule has 0 aromatic heterocycles. The first-order valence-electron chi connectivity index (χ1n) is 9.15. The molecule has 2 rings (SSSR count). The van der Waals surface area contributed by atoms with Crippen molar-refractivity contribution >= 4 is 16.0 Å². The topological polar surface area (TPSA) is 63.7 Å². The van der Waals surface area contributed by atoms with Crippen molar-refractivity contribution in [2.24, 2.45) is 0 Å². The standard InChI is InChI=1S/C21H27NO4S/c1-5-17(4)22(21(23)20-10-8-7-9-16(20)3)15-18-11-13-19(14-12-18)26-27(24,25)6-2/h7-14,17H,5-6,15H2,1-4H3/t17-/m1/s1. The molecule has 0 saturated carbocycles. The fourth-order valence-corrected chi connectivity index (χ4v) is 3.19. The lowest BCUT2D eigenvalue weighted by molar-refractivity contribution is 0.0671. The minimum atomic E-state index is -3.54. The molecule has 0 saturated heterocycles. The molecule has 0 fully saturated rings. The lowest BCUT2D eigenvalue weighted by atomic mass is 10.1. The van der Waals surface area contributed by atoms with Gasteiger partial charge in [-0.15, -0.1) is 0 Å². The zero-order valence-electron chi connectivity index (χ0n) is 16.3. The number of hydrogen-bond donors (Lipinski definition) is 0. The molecule has 5 nitrogen and oxygen atoms in total. The van der Waals surface area contributed by atoms with Crippen molar-refractivity contribution in [1.29, 1.82) is 0 Å². The average Bonchev–Trinajstić information content (AvgIpc) is 2.66. The van der Waals surface area contributed by atoms with Crippen LogP contribution in [0.3, 0.4) is 0 Å². The van der Waals surface area contributed by atoms with Crippen LogP contribution in [0.1, 0.15) is 48.7 Å². The highest BCUT2D eigenvalue weighted by atomic mass is 32.2. The maximum absolute atomic E-state index is 13.1. The van der Waals surface area contributed by atoms with E-state index in [0.717, 1.165) is 17.5 Å². The van der Waals surface area contributed by atoms with Crippen molar-refractivity contribution in [3.8, 4) is 5.75 Å². The third-order valence-corrected chi connectivity index (χ3v) is 5.77. The van der Waals surface area contributed by atoms with Crippen LogP contribution in [0.25, 0.3) is 0 Å². The van der Waals surface area contributed by atoms with Gasteiger partial charge in [0.05, 0.1) is 5.75 Å². The highest BCUT2D eigenvalue weighted by Gasteiger charge is 2.22. The zero-order valence-corrected chi connectivity index (χ0v) is 17.1. The summed E-state index contributed by atoms with van der Waals surface area (Å²) in [6, 6.07) is 14.5. The molecule has 0 aliphatic heterocycles. The molecule has 1 atom stereocenters. The molecule has 2 aromatic carbocycles. The van der Waals surface area contributed by atoms with Crippen LogP contribution in [0.5, 0.6) is 5.75 Å². The number of aryl methyl sites for hydroxylation is 1. The van der Waals surface area contributed by atoms with E-state index in [1.807, 2.05) is 43.0 Å². The van der Waals surface area contributed by atoms with E-state index in [0.29, 0.717) is 12.1 Å². The van der Waals surface area contributed by atoms with Crippen LogP contribution in [-0.4, -0.2) is 31.0 Å². The second-order valence-electron chi connectivity index (χ2n) is 6.58. The van der Waals surface area contributed by atoms with E-state index < -0.39 is 10.1 Å². The molecule has 2 aromatic rings. The lowest BCUT2D eigenvalue weighted by Gasteiger charge is -2.29. The number of nitrogens with zero attached hydrogens (tertiary/aromatic N) is 1. The molecular weight excluding hydrogens is 362 g/mol. The minimum absolute atomic E-state index is 0.00339. The molecular formula is C21H27NO4S. The number of benzene rings is 2. The molecule has 27 heavy (non-hydrogen) atoms. The zero-order chi connectivity index (χ0) is 20.0.